The van der Waals surface area contributed by atoms with Crippen LogP contribution in [0.4, 0.5) is 11.6 Å². The van der Waals surface area contributed by atoms with E-state index < -0.39 is 5.56 Å². The van der Waals surface area contributed by atoms with E-state index in [-0.39, 0.29) is 5.75 Å². The van der Waals surface area contributed by atoms with Crippen LogP contribution < -0.4 is 15.6 Å². The molecule has 0 bridgehead atoms. The third-order valence-corrected chi connectivity index (χ3v) is 5.01. The van der Waals surface area contributed by atoms with Crippen LogP contribution in [0.15, 0.2) is 64.4 Å². The van der Waals surface area contributed by atoms with Crippen LogP contribution >= 0.6 is 11.8 Å². The molecule has 0 aliphatic rings. The Morgan fingerprint density at radius 1 is 1.15 bits per heavy atom. The molecule has 3 aromatic rings. The highest BCUT2D eigenvalue weighted by molar-refractivity contribution is 7.98. The number of aromatic nitrogens is 2. The Morgan fingerprint density at radius 3 is 2.62 bits per heavy atom. The van der Waals surface area contributed by atoms with Gasteiger partial charge in [0.25, 0.3) is 0 Å². The van der Waals surface area contributed by atoms with E-state index in [1.807, 2.05) is 53.3 Å². The molecular weight excluding hydrogens is 346 g/mol. The number of rotatable bonds is 6. The number of nitrogens with zero attached hydrogens (tertiary/aromatic N) is 2. The van der Waals surface area contributed by atoms with E-state index in [0.29, 0.717) is 12.5 Å². The van der Waals surface area contributed by atoms with Gasteiger partial charge in [-0.05, 0) is 36.4 Å². The van der Waals surface area contributed by atoms with E-state index in [1.54, 1.807) is 18.0 Å². The van der Waals surface area contributed by atoms with Gasteiger partial charge >= 0.3 is 5.56 Å². The molecule has 0 saturated carbocycles. The molecule has 2 aromatic carbocycles. The van der Waals surface area contributed by atoms with E-state index in [1.165, 1.54) is 12.0 Å². The molecule has 0 fully saturated rings. The van der Waals surface area contributed by atoms with Crippen molar-refractivity contribution in [2.24, 2.45) is 0 Å². The maximum atomic E-state index is 12.2. The predicted octanol–water partition coefficient (Wildman–Crippen LogP) is 4.07. The summed E-state index contributed by atoms with van der Waals surface area (Å²) in [6, 6.07) is 16.1. The first-order valence-electron chi connectivity index (χ1n) is 8.22. The maximum Gasteiger partial charge on any atom is 0.316 e. The lowest BCUT2D eigenvalue weighted by Crippen LogP contribution is -2.19. The lowest BCUT2D eigenvalue weighted by atomic mass is 10.2. The second-order valence-electron chi connectivity index (χ2n) is 5.81. The molecule has 0 spiro atoms. The van der Waals surface area contributed by atoms with E-state index >= 15 is 0 Å². The highest BCUT2D eigenvalue weighted by Crippen LogP contribution is 2.28. The molecule has 6 heteroatoms. The van der Waals surface area contributed by atoms with Crippen molar-refractivity contribution in [2.45, 2.75) is 18.4 Å². The van der Waals surface area contributed by atoms with E-state index in [4.69, 9.17) is 4.74 Å². The average Bonchev–Trinajstić information content (AvgIpc) is 2.66. The van der Waals surface area contributed by atoms with Crippen LogP contribution in [0, 0.1) is 6.92 Å². The summed E-state index contributed by atoms with van der Waals surface area (Å²) in [5.41, 5.74) is 2.77. The Balaban J connectivity index is 2.03. The average molecular weight is 367 g/mol. The van der Waals surface area contributed by atoms with E-state index in [0.717, 1.165) is 16.8 Å². The largest absolute Gasteiger partial charge is 0.490 e. The molecule has 134 valence electrons. The van der Waals surface area contributed by atoms with Gasteiger partial charge in [-0.1, -0.05) is 36.4 Å². The molecule has 26 heavy (non-hydrogen) atoms. The number of thioether (sulfide) groups is 1. The van der Waals surface area contributed by atoms with Crippen molar-refractivity contribution in [3.8, 4) is 5.75 Å². The molecule has 0 aliphatic carbocycles. The third kappa shape index (κ3) is 3.91. The number of hydrogen-bond acceptors (Lipinski definition) is 5. The van der Waals surface area contributed by atoms with E-state index in [9.17, 15) is 4.79 Å². The van der Waals surface area contributed by atoms with Crippen LogP contribution in [0.1, 0.15) is 11.1 Å². The number of nitrogens with one attached hydrogen (secondary N) is 1. The minimum Gasteiger partial charge on any atom is -0.490 e. The van der Waals surface area contributed by atoms with Crippen molar-refractivity contribution in [3.63, 3.8) is 0 Å². The van der Waals surface area contributed by atoms with Crippen LogP contribution in [-0.4, -0.2) is 22.9 Å². The second-order valence-corrected chi connectivity index (χ2v) is 6.66. The van der Waals surface area contributed by atoms with Gasteiger partial charge in [-0.15, -0.1) is 11.8 Å². The lowest BCUT2D eigenvalue weighted by Gasteiger charge is -2.17. The van der Waals surface area contributed by atoms with Gasteiger partial charge in [0, 0.05) is 10.6 Å². The molecule has 0 atom stereocenters. The van der Waals surface area contributed by atoms with Gasteiger partial charge in [0.15, 0.2) is 0 Å². The predicted molar refractivity (Wildman–Crippen MR) is 107 cm³/mol. The van der Waals surface area contributed by atoms with Crippen LogP contribution in [0.25, 0.3) is 0 Å². The second kappa shape index (κ2) is 8.10. The summed E-state index contributed by atoms with van der Waals surface area (Å²) in [4.78, 5) is 17.6. The first kappa shape index (κ1) is 18.1. The molecular formula is C20H21N3O2S. The fraction of sp³-hybridized carbons (Fsp3) is 0.200. The first-order valence-corrected chi connectivity index (χ1v) is 9.45. The summed E-state index contributed by atoms with van der Waals surface area (Å²) < 4.78 is 7.05. The Bertz CT molecular complexity index is 955. The molecule has 0 saturated heterocycles. The fourth-order valence-electron chi connectivity index (χ4n) is 2.71. The van der Waals surface area contributed by atoms with Crippen molar-refractivity contribution in [2.75, 3.05) is 18.7 Å². The monoisotopic (exact) mass is 367 g/mol. The minimum absolute atomic E-state index is 0.223. The van der Waals surface area contributed by atoms with Crippen molar-refractivity contribution < 1.29 is 4.74 Å². The van der Waals surface area contributed by atoms with Crippen molar-refractivity contribution >= 4 is 23.4 Å². The molecule has 0 amide bonds. The molecule has 1 N–H and O–H groups in total. The Labute approximate surface area is 157 Å². The zero-order chi connectivity index (χ0) is 18.5. The number of benzene rings is 2. The molecule has 1 aromatic heterocycles. The number of methoxy groups -OCH3 is 1. The van der Waals surface area contributed by atoms with Gasteiger partial charge in [0.2, 0.25) is 11.7 Å². The first-order chi connectivity index (χ1) is 12.6. The normalized spacial score (nSPS) is 10.6. The summed E-state index contributed by atoms with van der Waals surface area (Å²) in [5, 5.41) is 3.31. The third-order valence-electron chi connectivity index (χ3n) is 4.13. The van der Waals surface area contributed by atoms with Gasteiger partial charge in [-0.2, -0.15) is 4.98 Å². The molecule has 0 aliphatic heterocycles. The topological polar surface area (TPSA) is 56.1 Å². The van der Waals surface area contributed by atoms with Crippen LogP contribution in [0.2, 0.25) is 0 Å². The van der Waals surface area contributed by atoms with Gasteiger partial charge < -0.3 is 14.6 Å². The zero-order valence-corrected chi connectivity index (χ0v) is 15.8. The summed E-state index contributed by atoms with van der Waals surface area (Å²) in [5.74, 6) is 0.710. The Kier molecular flexibility index (Phi) is 5.63. The van der Waals surface area contributed by atoms with Crippen molar-refractivity contribution in [3.05, 3.63) is 76.2 Å². The van der Waals surface area contributed by atoms with Crippen LogP contribution in [-0.2, 0) is 6.54 Å². The molecule has 5 nitrogen and oxygen atoms in total. The Hall–Kier alpha value is -2.73. The van der Waals surface area contributed by atoms with Gasteiger partial charge in [0.05, 0.1) is 19.9 Å². The molecule has 0 radical (unpaired) electrons. The van der Waals surface area contributed by atoms with Crippen molar-refractivity contribution in [1.29, 1.82) is 0 Å². The minimum atomic E-state index is -0.391. The van der Waals surface area contributed by atoms with Crippen molar-refractivity contribution in [1.82, 2.24) is 9.55 Å². The standard InChI is InChI=1S/C20H21N3O2S/c1-14-16(10-7-11-18(14)26-3)21-20-22-19(24)17(25-2)13-23(20)12-15-8-5-4-6-9-15/h4-11,13H,12H2,1-3H3,(H,21,22,24). The number of anilines is 2. The molecule has 3 rings (SSSR count). The maximum absolute atomic E-state index is 12.2. The molecule has 0 unspecified atom stereocenters. The smallest absolute Gasteiger partial charge is 0.316 e. The lowest BCUT2D eigenvalue weighted by molar-refractivity contribution is 0.402. The summed E-state index contributed by atoms with van der Waals surface area (Å²) in [6.07, 6.45) is 3.74. The molecule has 1 heterocycles. The summed E-state index contributed by atoms with van der Waals surface area (Å²) >= 11 is 1.69. The summed E-state index contributed by atoms with van der Waals surface area (Å²) in [7, 11) is 1.48. The highest BCUT2D eigenvalue weighted by atomic mass is 32.2. The summed E-state index contributed by atoms with van der Waals surface area (Å²) in [6.45, 7) is 2.63. The van der Waals surface area contributed by atoms with Crippen LogP contribution in [0.3, 0.4) is 0 Å². The van der Waals surface area contributed by atoms with Crippen LogP contribution in [0.5, 0.6) is 5.75 Å². The fourth-order valence-corrected chi connectivity index (χ4v) is 3.34. The van der Waals surface area contributed by atoms with Gasteiger partial charge in [-0.3, -0.25) is 4.79 Å². The number of hydrogen-bond donors (Lipinski definition) is 1. The number of ether oxygens (including phenoxy) is 1. The Morgan fingerprint density at radius 2 is 1.92 bits per heavy atom. The quantitative estimate of drug-likeness (QED) is 0.666. The van der Waals surface area contributed by atoms with E-state index in [2.05, 4.69) is 23.3 Å². The van der Waals surface area contributed by atoms with Gasteiger partial charge in [-0.25, -0.2) is 0 Å². The SMILES string of the molecule is COc1cn(Cc2ccccc2)c(Nc2cccc(SC)c2C)nc1=O. The zero-order valence-electron chi connectivity index (χ0n) is 15.0. The highest BCUT2D eigenvalue weighted by Gasteiger charge is 2.12. The van der Waals surface area contributed by atoms with Gasteiger partial charge in [0.1, 0.15) is 0 Å².